The maximum absolute atomic E-state index is 13.5. The van der Waals surface area contributed by atoms with Crippen LogP contribution in [0.5, 0.6) is 0 Å². The molecule has 0 aliphatic rings. The molecule has 1 unspecified atom stereocenters. The van der Waals surface area contributed by atoms with Gasteiger partial charge in [0.2, 0.25) is 0 Å². The molecule has 0 spiro atoms. The fourth-order valence-corrected chi connectivity index (χ4v) is 2.21. The third-order valence-electron chi connectivity index (χ3n) is 3.33. The predicted molar refractivity (Wildman–Crippen MR) is 69.0 cm³/mol. The Morgan fingerprint density at radius 2 is 1.90 bits per heavy atom. The molecule has 1 aromatic rings. The Bertz CT molecular complexity index is 465. The molecular weight excluding hydrogens is 272 g/mol. The number of alkyl halides is 3. The molecule has 112 valence electrons. The lowest BCUT2D eigenvalue weighted by Gasteiger charge is -2.17. The number of rotatable bonds is 6. The highest BCUT2D eigenvalue weighted by molar-refractivity contribution is 5.99. The number of carbonyl (C=O) groups is 1. The van der Waals surface area contributed by atoms with Gasteiger partial charge in [0, 0.05) is 11.5 Å². The van der Waals surface area contributed by atoms with Crippen LogP contribution < -0.4 is 0 Å². The molecule has 0 aliphatic heterocycles. The van der Waals surface area contributed by atoms with Gasteiger partial charge in [0.25, 0.3) is 0 Å². The minimum Gasteiger partial charge on any atom is -0.294 e. The monoisotopic (exact) mass is 290 g/mol. The van der Waals surface area contributed by atoms with E-state index in [4.69, 9.17) is 0 Å². The van der Waals surface area contributed by atoms with E-state index in [1.54, 1.807) is 6.92 Å². The van der Waals surface area contributed by atoms with Gasteiger partial charge >= 0.3 is 6.18 Å². The molecule has 0 aliphatic carbocycles. The summed E-state index contributed by atoms with van der Waals surface area (Å²) in [6.45, 7) is 3.70. The number of hydrogen-bond acceptors (Lipinski definition) is 1. The second-order valence-electron chi connectivity index (χ2n) is 4.77. The third-order valence-corrected chi connectivity index (χ3v) is 3.33. The van der Waals surface area contributed by atoms with Crippen LogP contribution >= 0.6 is 0 Å². The number of unbranched alkanes of at least 4 members (excludes halogenated alkanes) is 1. The van der Waals surface area contributed by atoms with E-state index in [1.807, 2.05) is 6.92 Å². The number of Topliss-reactive ketones (excluding diaryl/α,β-unsaturated/α-hetero) is 1. The van der Waals surface area contributed by atoms with Crippen molar-refractivity contribution >= 4 is 5.78 Å². The summed E-state index contributed by atoms with van der Waals surface area (Å²) in [5.41, 5.74) is -2.00. The van der Waals surface area contributed by atoms with Crippen LogP contribution in [0.1, 0.15) is 55.5 Å². The van der Waals surface area contributed by atoms with Crippen molar-refractivity contribution in [1.82, 2.24) is 0 Å². The molecule has 20 heavy (non-hydrogen) atoms. The van der Waals surface area contributed by atoms with Crippen molar-refractivity contribution in [1.29, 1.82) is 0 Å². The second-order valence-corrected chi connectivity index (χ2v) is 4.77. The minimum atomic E-state index is -4.86. The summed E-state index contributed by atoms with van der Waals surface area (Å²) < 4.78 is 52.1. The number of benzene rings is 1. The molecule has 0 bridgehead atoms. The van der Waals surface area contributed by atoms with Crippen molar-refractivity contribution in [2.75, 3.05) is 0 Å². The van der Waals surface area contributed by atoms with Crippen molar-refractivity contribution in [3.05, 3.63) is 35.1 Å². The van der Waals surface area contributed by atoms with Gasteiger partial charge in [-0.3, -0.25) is 4.79 Å². The summed E-state index contributed by atoms with van der Waals surface area (Å²) in [6.07, 6.45) is -2.26. The molecular formula is C15H18F4O. The molecule has 1 rings (SSSR count). The van der Waals surface area contributed by atoms with Crippen molar-refractivity contribution < 1.29 is 22.4 Å². The van der Waals surface area contributed by atoms with E-state index in [-0.39, 0.29) is 0 Å². The first kappa shape index (κ1) is 16.7. The van der Waals surface area contributed by atoms with E-state index in [9.17, 15) is 22.4 Å². The lowest BCUT2D eigenvalue weighted by molar-refractivity contribution is -0.140. The minimum absolute atomic E-state index is 0.451. The lowest BCUT2D eigenvalue weighted by atomic mass is 9.88. The molecule has 1 nitrogen and oxygen atoms in total. The SMILES string of the molecule is CCCCC(CC)C(=O)c1cccc(F)c1C(F)(F)F. The molecule has 0 saturated heterocycles. The molecule has 0 radical (unpaired) electrons. The second kappa shape index (κ2) is 6.86. The van der Waals surface area contributed by atoms with Crippen LogP contribution in [0.15, 0.2) is 18.2 Å². The van der Waals surface area contributed by atoms with Gasteiger partial charge in [0.15, 0.2) is 5.78 Å². The van der Waals surface area contributed by atoms with E-state index >= 15 is 0 Å². The number of halogens is 4. The van der Waals surface area contributed by atoms with Crippen molar-refractivity contribution in [3.8, 4) is 0 Å². The third kappa shape index (κ3) is 3.81. The summed E-state index contributed by atoms with van der Waals surface area (Å²) in [6, 6.07) is 2.93. The van der Waals surface area contributed by atoms with Gasteiger partial charge in [-0.2, -0.15) is 13.2 Å². The molecule has 0 saturated carbocycles. The van der Waals surface area contributed by atoms with Gasteiger partial charge in [0.1, 0.15) is 11.4 Å². The van der Waals surface area contributed by atoms with Crippen molar-refractivity contribution in [2.45, 2.75) is 45.7 Å². The van der Waals surface area contributed by atoms with Crippen LogP contribution in [-0.2, 0) is 6.18 Å². The number of carbonyl (C=O) groups excluding carboxylic acids is 1. The highest BCUT2D eigenvalue weighted by atomic mass is 19.4. The van der Waals surface area contributed by atoms with Gasteiger partial charge in [-0.1, -0.05) is 38.8 Å². The van der Waals surface area contributed by atoms with E-state index in [1.165, 1.54) is 0 Å². The van der Waals surface area contributed by atoms with E-state index in [0.29, 0.717) is 12.8 Å². The van der Waals surface area contributed by atoms with Gasteiger partial charge in [0.05, 0.1) is 0 Å². The topological polar surface area (TPSA) is 17.1 Å². The Morgan fingerprint density at radius 1 is 1.25 bits per heavy atom. The van der Waals surface area contributed by atoms with E-state index in [2.05, 4.69) is 0 Å². The van der Waals surface area contributed by atoms with Gasteiger partial charge < -0.3 is 0 Å². The first-order valence-corrected chi connectivity index (χ1v) is 6.72. The van der Waals surface area contributed by atoms with E-state index in [0.717, 1.165) is 31.0 Å². The smallest absolute Gasteiger partial charge is 0.294 e. The molecule has 1 atom stereocenters. The summed E-state index contributed by atoms with van der Waals surface area (Å²) in [5.74, 6) is -2.50. The van der Waals surface area contributed by atoms with Crippen LogP contribution in [0, 0.1) is 11.7 Å². The highest BCUT2D eigenvalue weighted by Gasteiger charge is 2.39. The maximum Gasteiger partial charge on any atom is 0.419 e. The summed E-state index contributed by atoms with van der Waals surface area (Å²) in [4.78, 5) is 12.2. The zero-order valence-electron chi connectivity index (χ0n) is 11.6. The normalized spacial score (nSPS) is 13.3. The Morgan fingerprint density at radius 3 is 2.40 bits per heavy atom. The highest BCUT2D eigenvalue weighted by Crippen LogP contribution is 2.35. The molecule has 0 heterocycles. The Hall–Kier alpha value is -1.39. The zero-order valence-corrected chi connectivity index (χ0v) is 11.6. The molecule has 0 N–H and O–H groups in total. The van der Waals surface area contributed by atoms with Crippen molar-refractivity contribution in [3.63, 3.8) is 0 Å². The van der Waals surface area contributed by atoms with Crippen LogP contribution in [0.25, 0.3) is 0 Å². The summed E-state index contributed by atoms with van der Waals surface area (Å²) in [5, 5.41) is 0. The predicted octanol–water partition coefficient (Wildman–Crippen LogP) is 5.24. The molecule has 1 aromatic carbocycles. The van der Waals surface area contributed by atoms with Crippen LogP contribution in [0.4, 0.5) is 17.6 Å². The average molecular weight is 290 g/mol. The zero-order chi connectivity index (χ0) is 15.3. The summed E-state index contributed by atoms with van der Waals surface area (Å²) >= 11 is 0. The van der Waals surface area contributed by atoms with E-state index < -0.39 is 34.8 Å². The lowest BCUT2D eigenvalue weighted by Crippen LogP contribution is -2.21. The molecule has 0 fully saturated rings. The molecule has 0 amide bonds. The Labute approximate surface area is 116 Å². The van der Waals surface area contributed by atoms with Gasteiger partial charge in [-0.25, -0.2) is 4.39 Å². The maximum atomic E-state index is 13.5. The average Bonchev–Trinajstić information content (AvgIpc) is 2.37. The van der Waals surface area contributed by atoms with Gasteiger partial charge in [-0.15, -0.1) is 0 Å². The fraction of sp³-hybridized carbons (Fsp3) is 0.533. The largest absolute Gasteiger partial charge is 0.419 e. The van der Waals surface area contributed by atoms with Gasteiger partial charge in [-0.05, 0) is 18.9 Å². The van der Waals surface area contributed by atoms with Crippen LogP contribution in [0.3, 0.4) is 0 Å². The first-order valence-electron chi connectivity index (χ1n) is 6.72. The molecule has 0 aromatic heterocycles. The van der Waals surface area contributed by atoms with Crippen molar-refractivity contribution in [2.24, 2.45) is 5.92 Å². The number of ketones is 1. The standard InChI is InChI=1S/C15H18F4O/c1-3-5-7-10(4-2)14(20)11-8-6-9-12(16)13(11)15(17,18)19/h6,8-10H,3-5,7H2,1-2H3. The molecule has 5 heteroatoms. The van der Waals surface area contributed by atoms with Crippen LogP contribution in [-0.4, -0.2) is 5.78 Å². The van der Waals surface area contributed by atoms with Crippen LogP contribution in [0.2, 0.25) is 0 Å². The fourth-order valence-electron chi connectivity index (χ4n) is 2.21. The summed E-state index contributed by atoms with van der Waals surface area (Å²) in [7, 11) is 0. The Balaban J connectivity index is 3.18. The Kier molecular flexibility index (Phi) is 5.72. The quantitative estimate of drug-likeness (QED) is 0.517. The number of hydrogen-bond donors (Lipinski definition) is 0. The first-order chi connectivity index (χ1) is 9.32.